The van der Waals surface area contributed by atoms with Gasteiger partial charge in [-0.1, -0.05) is 11.4 Å². The van der Waals surface area contributed by atoms with Crippen LogP contribution in [0, 0.1) is 13.8 Å². The highest BCUT2D eigenvalue weighted by atomic mass is 16.5. The normalized spacial score (nSPS) is 19.8. The highest BCUT2D eigenvalue weighted by Crippen LogP contribution is 2.30. The number of nitrogens with two attached hydrogens (primary N) is 1. The average molecular weight is 374 g/mol. The summed E-state index contributed by atoms with van der Waals surface area (Å²) >= 11 is 0. The summed E-state index contributed by atoms with van der Waals surface area (Å²) in [6, 6.07) is 0.517. The largest absolute Gasteiger partial charge is 0.370 e. The molecule has 148 valence electrons. The molecule has 6 nitrogen and oxygen atoms in total. The van der Waals surface area contributed by atoms with Gasteiger partial charge < -0.3 is 19.9 Å². The van der Waals surface area contributed by atoms with Crippen LogP contribution in [-0.4, -0.2) is 42.4 Å². The average Bonchev–Trinajstić information content (AvgIpc) is 2.95. The number of morpholine rings is 1. The second kappa shape index (κ2) is 8.15. The van der Waals surface area contributed by atoms with Crippen molar-refractivity contribution in [2.75, 3.05) is 38.6 Å². The zero-order chi connectivity index (χ0) is 18.8. The number of hydrogen-bond acceptors (Lipinski definition) is 3. The van der Waals surface area contributed by atoms with Crippen molar-refractivity contribution in [1.29, 1.82) is 0 Å². The first-order valence-corrected chi connectivity index (χ1v) is 10.7. The Morgan fingerprint density at radius 1 is 1.22 bits per heavy atom. The summed E-state index contributed by atoms with van der Waals surface area (Å²) in [5.41, 5.74) is 10.3. The van der Waals surface area contributed by atoms with Crippen LogP contribution in [0.25, 0.3) is 11.0 Å². The molecule has 3 heterocycles. The summed E-state index contributed by atoms with van der Waals surface area (Å²) < 4.78 is 10.1. The number of nitrogen functional groups attached to an aromatic ring is 1. The van der Waals surface area contributed by atoms with E-state index in [0.29, 0.717) is 6.04 Å². The summed E-state index contributed by atoms with van der Waals surface area (Å²) in [5.74, 6) is 0.907. The van der Waals surface area contributed by atoms with Crippen LogP contribution in [0.5, 0.6) is 0 Å². The molecule has 2 aliphatic rings. The lowest BCUT2D eigenvalue weighted by Gasteiger charge is -2.23. The molecular formula is C21H35N5O+2. The first-order chi connectivity index (χ1) is 13.2. The Kier molecular flexibility index (Phi) is 5.64. The number of ether oxygens (including phenoxy) is 1. The van der Waals surface area contributed by atoms with E-state index in [0.717, 1.165) is 44.3 Å². The molecule has 0 radical (unpaired) electrons. The second-order valence-corrected chi connectivity index (χ2v) is 8.36. The summed E-state index contributed by atoms with van der Waals surface area (Å²) in [4.78, 5) is 6.55. The Bertz CT molecular complexity index is 788. The minimum Gasteiger partial charge on any atom is -0.370 e. The Hall–Kier alpha value is -1.66. The predicted molar refractivity (Wildman–Crippen MR) is 107 cm³/mol. The van der Waals surface area contributed by atoms with Crippen molar-refractivity contribution in [3.8, 4) is 0 Å². The fraction of sp³-hybridized carbons (Fsp3) is 0.714. The molecule has 1 aliphatic carbocycles. The highest BCUT2D eigenvalue weighted by Gasteiger charge is 2.26. The van der Waals surface area contributed by atoms with Gasteiger partial charge in [0.05, 0.1) is 25.8 Å². The zero-order valence-electron chi connectivity index (χ0n) is 17.0. The minimum absolute atomic E-state index is 0.517. The van der Waals surface area contributed by atoms with Gasteiger partial charge in [0.1, 0.15) is 18.5 Å². The van der Waals surface area contributed by atoms with Gasteiger partial charge in [-0.3, -0.25) is 0 Å². The van der Waals surface area contributed by atoms with E-state index in [4.69, 9.17) is 15.5 Å². The van der Waals surface area contributed by atoms with Gasteiger partial charge in [-0.05, 0) is 45.1 Å². The molecule has 0 unspecified atom stereocenters. The maximum Gasteiger partial charge on any atom is 0.232 e. The molecule has 0 atom stereocenters. The summed E-state index contributed by atoms with van der Waals surface area (Å²) in [5, 5.41) is 1.17. The van der Waals surface area contributed by atoms with E-state index in [1.807, 2.05) is 6.33 Å². The van der Waals surface area contributed by atoms with Gasteiger partial charge in [-0.2, -0.15) is 0 Å². The molecule has 4 rings (SSSR count). The Morgan fingerprint density at radius 2 is 1.96 bits per heavy atom. The van der Waals surface area contributed by atoms with Gasteiger partial charge in [-0.25, -0.2) is 4.57 Å². The quantitative estimate of drug-likeness (QED) is 0.778. The van der Waals surface area contributed by atoms with Crippen LogP contribution in [0.4, 0.5) is 5.82 Å². The zero-order valence-corrected chi connectivity index (χ0v) is 17.0. The molecule has 27 heavy (non-hydrogen) atoms. The highest BCUT2D eigenvalue weighted by molar-refractivity contribution is 5.89. The molecule has 2 aromatic rings. The molecular weight excluding hydrogens is 338 g/mol. The monoisotopic (exact) mass is 373 g/mol. The fourth-order valence-corrected chi connectivity index (χ4v) is 4.91. The van der Waals surface area contributed by atoms with Gasteiger partial charge in [0.25, 0.3) is 0 Å². The van der Waals surface area contributed by atoms with Gasteiger partial charge in [-0.15, -0.1) is 0 Å². The van der Waals surface area contributed by atoms with E-state index in [9.17, 15) is 0 Å². The van der Waals surface area contributed by atoms with Crippen LogP contribution in [0.1, 0.15) is 55.8 Å². The van der Waals surface area contributed by atoms with Crippen LogP contribution in [0.2, 0.25) is 0 Å². The second-order valence-electron chi connectivity index (χ2n) is 8.36. The molecule has 1 saturated carbocycles. The molecule has 0 amide bonds. The third-order valence-electron chi connectivity index (χ3n) is 6.72. The smallest absolute Gasteiger partial charge is 0.232 e. The third kappa shape index (κ3) is 3.69. The summed E-state index contributed by atoms with van der Waals surface area (Å²) in [7, 11) is 0. The SMILES string of the molecule is Cc1c(C)n(CCC[NH+]2CCOCC2)c2nc[n+](C3CCCCC3)c(N)c12. The number of anilines is 1. The maximum atomic E-state index is 6.67. The van der Waals surface area contributed by atoms with Crippen LogP contribution in [-0.2, 0) is 11.3 Å². The molecule has 2 fully saturated rings. The van der Waals surface area contributed by atoms with Crippen LogP contribution in [0.15, 0.2) is 6.33 Å². The molecule has 2 aromatic heterocycles. The topological polar surface area (TPSA) is 61.4 Å². The van der Waals surface area contributed by atoms with Gasteiger partial charge in [0.2, 0.25) is 17.8 Å². The van der Waals surface area contributed by atoms with Gasteiger partial charge in [0, 0.05) is 18.7 Å². The van der Waals surface area contributed by atoms with Crippen molar-refractivity contribution in [2.24, 2.45) is 0 Å². The molecule has 0 aromatic carbocycles. The van der Waals surface area contributed by atoms with Crippen molar-refractivity contribution in [3.05, 3.63) is 17.6 Å². The van der Waals surface area contributed by atoms with Gasteiger partial charge in [0.15, 0.2) is 0 Å². The van der Waals surface area contributed by atoms with Crippen molar-refractivity contribution >= 4 is 16.9 Å². The summed E-state index contributed by atoms with van der Waals surface area (Å²) in [6.07, 6.45) is 9.57. The Balaban J connectivity index is 1.56. The molecule has 0 bridgehead atoms. The Morgan fingerprint density at radius 3 is 2.70 bits per heavy atom. The van der Waals surface area contributed by atoms with Gasteiger partial charge >= 0.3 is 0 Å². The summed E-state index contributed by atoms with van der Waals surface area (Å²) in [6.45, 7) is 10.7. The number of nitrogens with one attached hydrogen (secondary N) is 1. The van der Waals surface area contributed by atoms with E-state index in [1.165, 1.54) is 61.7 Å². The maximum absolute atomic E-state index is 6.67. The van der Waals surface area contributed by atoms with E-state index < -0.39 is 0 Å². The number of aryl methyl sites for hydroxylation is 2. The number of hydrogen-bond donors (Lipinski definition) is 2. The minimum atomic E-state index is 0.517. The number of quaternary nitrogens is 1. The Labute approximate surface area is 162 Å². The fourth-order valence-electron chi connectivity index (χ4n) is 4.91. The number of aromatic nitrogens is 3. The van der Waals surface area contributed by atoms with E-state index in [2.05, 4.69) is 23.0 Å². The van der Waals surface area contributed by atoms with Crippen molar-refractivity contribution in [3.63, 3.8) is 0 Å². The van der Waals surface area contributed by atoms with Crippen LogP contribution >= 0.6 is 0 Å². The first kappa shape index (κ1) is 18.7. The first-order valence-electron chi connectivity index (χ1n) is 10.7. The number of rotatable bonds is 5. The standard InChI is InChI=1S/C21H33N5O/c1-16-17(2)25(10-6-9-24-11-13-27-14-12-24)21-19(16)20(22)26(15-23-21)18-7-4-3-5-8-18/h15,18,22H,3-14H2,1-2H3/p+2. The van der Waals surface area contributed by atoms with Crippen molar-refractivity contribution in [1.82, 2.24) is 9.55 Å². The van der Waals surface area contributed by atoms with Crippen molar-refractivity contribution < 1.29 is 14.2 Å². The molecule has 1 aliphatic heterocycles. The van der Waals surface area contributed by atoms with Crippen LogP contribution in [0.3, 0.4) is 0 Å². The van der Waals surface area contributed by atoms with Crippen LogP contribution < -0.4 is 15.2 Å². The van der Waals surface area contributed by atoms with E-state index >= 15 is 0 Å². The lowest BCUT2D eigenvalue weighted by Crippen LogP contribution is -3.14. The number of fused-ring (bicyclic) bond motifs is 1. The lowest BCUT2D eigenvalue weighted by molar-refractivity contribution is -0.908. The molecule has 6 heteroatoms. The third-order valence-corrected chi connectivity index (χ3v) is 6.72. The van der Waals surface area contributed by atoms with E-state index in [-0.39, 0.29) is 0 Å². The lowest BCUT2D eigenvalue weighted by atomic mass is 9.95. The molecule has 3 N–H and O–H groups in total. The number of nitrogens with zero attached hydrogens (tertiary/aromatic N) is 3. The molecule has 0 spiro atoms. The molecule has 1 saturated heterocycles. The predicted octanol–water partition coefficient (Wildman–Crippen LogP) is 1.33. The van der Waals surface area contributed by atoms with Crippen molar-refractivity contribution in [2.45, 2.75) is 65.0 Å². The van der Waals surface area contributed by atoms with E-state index in [1.54, 1.807) is 4.90 Å².